The molecule has 0 amide bonds. The van der Waals surface area contributed by atoms with Crippen molar-refractivity contribution in [3.05, 3.63) is 39.8 Å². The molecule has 0 spiro atoms. The van der Waals surface area contributed by atoms with Crippen LogP contribution in [0.5, 0.6) is 11.5 Å². The Balaban J connectivity index is 1.91. The number of thiazole rings is 1. The molecule has 2 rings (SSSR count). The van der Waals surface area contributed by atoms with Crippen LogP contribution in [0.3, 0.4) is 0 Å². The van der Waals surface area contributed by atoms with Gasteiger partial charge in [-0.25, -0.2) is 9.98 Å². The average Bonchev–Trinajstić information content (AvgIpc) is 3.07. The van der Waals surface area contributed by atoms with Gasteiger partial charge < -0.3 is 20.5 Å². The highest BCUT2D eigenvalue weighted by atomic mass is 32.1. The summed E-state index contributed by atoms with van der Waals surface area (Å²) in [6.45, 7) is 5.31. The number of nitrogens with one attached hydrogen (secondary N) is 1. The van der Waals surface area contributed by atoms with Crippen LogP contribution in [0.2, 0.25) is 0 Å². The number of hydrogen-bond donors (Lipinski definition) is 2. The molecule has 6 nitrogen and oxygen atoms in total. The first-order chi connectivity index (χ1) is 11.5. The molecule has 1 aromatic heterocycles. The maximum Gasteiger partial charge on any atom is 0.189 e. The number of rotatable bonds is 7. The summed E-state index contributed by atoms with van der Waals surface area (Å²) < 4.78 is 10.5. The van der Waals surface area contributed by atoms with Crippen LogP contribution in [0.1, 0.15) is 36.0 Å². The number of hydrogen-bond acceptors (Lipinski definition) is 5. The lowest BCUT2D eigenvalue weighted by Crippen LogP contribution is -2.31. The topological polar surface area (TPSA) is 81.8 Å². The average molecular weight is 348 g/mol. The van der Waals surface area contributed by atoms with Crippen molar-refractivity contribution in [1.29, 1.82) is 0 Å². The van der Waals surface area contributed by atoms with Crippen molar-refractivity contribution in [1.82, 2.24) is 10.3 Å². The zero-order chi connectivity index (χ0) is 17.5. The van der Waals surface area contributed by atoms with Gasteiger partial charge in [0.2, 0.25) is 0 Å². The van der Waals surface area contributed by atoms with Gasteiger partial charge >= 0.3 is 0 Å². The summed E-state index contributed by atoms with van der Waals surface area (Å²) in [7, 11) is 3.22. The lowest BCUT2D eigenvalue weighted by atomic mass is 10.2. The minimum absolute atomic E-state index is 0.392. The second-order valence-corrected chi connectivity index (χ2v) is 6.47. The van der Waals surface area contributed by atoms with Gasteiger partial charge in [-0.05, 0) is 17.7 Å². The van der Waals surface area contributed by atoms with Crippen molar-refractivity contribution in [2.75, 3.05) is 14.2 Å². The SMILES string of the molecule is COc1ccc(CN=C(N)NCc2csc(C(C)C)n2)cc1OC. The molecule has 24 heavy (non-hydrogen) atoms. The molecular weight excluding hydrogens is 324 g/mol. The van der Waals surface area contributed by atoms with Gasteiger partial charge in [0.05, 0.1) is 38.0 Å². The number of methoxy groups -OCH3 is 2. The molecule has 7 heteroatoms. The smallest absolute Gasteiger partial charge is 0.189 e. The first kappa shape index (κ1) is 18.1. The van der Waals surface area contributed by atoms with Gasteiger partial charge in [0, 0.05) is 11.3 Å². The van der Waals surface area contributed by atoms with Crippen molar-refractivity contribution >= 4 is 17.3 Å². The Morgan fingerprint density at radius 1 is 1.29 bits per heavy atom. The number of aromatic nitrogens is 1. The fourth-order valence-electron chi connectivity index (χ4n) is 2.06. The van der Waals surface area contributed by atoms with Crippen LogP contribution in [0.15, 0.2) is 28.6 Å². The third-order valence-electron chi connectivity index (χ3n) is 3.39. The normalized spacial score (nSPS) is 11.6. The summed E-state index contributed by atoms with van der Waals surface area (Å²) in [5.41, 5.74) is 7.89. The molecule has 0 bridgehead atoms. The third kappa shape index (κ3) is 4.86. The predicted molar refractivity (Wildman–Crippen MR) is 97.9 cm³/mol. The summed E-state index contributed by atoms with van der Waals surface area (Å²) in [4.78, 5) is 8.90. The summed E-state index contributed by atoms with van der Waals surface area (Å²) in [6.07, 6.45) is 0. The number of guanidine groups is 1. The highest BCUT2D eigenvalue weighted by Crippen LogP contribution is 2.27. The number of nitrogens with two attached hydrogens (primary N) is 1. The van der Waals surface area contributed by atoms with E-state index in [9.17, 15) is 0 Å². The zero-order valence-corrected chi connectivity index (χ0v) is 15.3. The fourth-order valence-corrected chi connectivity index (χ4v) is 2.90. The van der Waals surface area contributed by atoms with E-state index < -0.39 is 0 Å². The molecule has 0 atom stereocenters. The largest absolute Gasteiger partial charge is 0.493 e. The predicted octanol–water partition coefficient (Wildman–Crippen LogP) is 2.89. The van der Waals surface area contributed by atoms with E-state index in [4.69, 9.17) is 15.2 Å². The molecule has 0 saturated carbocycles. The molecule has 0 radical (unpaired) electrons. The molecule has 3 N–H and O–H groups in total. The van der Waals surface area contributed by atoms with Crippen molar-refractivity contribution in [2.24, 2.45) is 10.7 Å². The van der Waals surface area contributed by atoms with Crippen LogP contribution < -0.4 is 20.5 Å². The lowest BCUT2D eigenvalue weighted by molar-refractivity contribution is 0.354. The summed E-state index contributed by atoms with van der Waals surface area (Å²) in [5.74, 6) is 2.21. The Labute approximate surface area is 146 Å². The second-order valence-electron chi connectivity index (χ2n) is 5.58. The van der Waals surface area contributed by atoms with Gasteiger partial charge in [-0.15, -0.1) is 11.3 Å². The minimum Gasteiger partial charge on any atom is -0.493 e. The summed E-state index contributed by atoms with van der Waals surface area (Å²) >= 11 is 1.67. The third-order valence-corrected chi connectivity index (χ3v) is 4.59. The minimum atomic E-state index is 0.392. The van der Waals surface area contributed by atoms with Crippen LogP contribution in [-0.2, 0) is 13.1 Å². The molecule has 0 fully saturated rings. The lowest BCUT2D eigenvalue weighted by Gasteiger charge is -2.09. The molecular formula is C17H24N4O2S. The Morgan fingerprint density at radius 3 is 2.67 bits per heavy atom. The molecule has 2 aromatic rings. The summed E-state index contributed by atoms with van der Waals surface area (Å²) in [5, 5.41) is 6.27. The Bertz CT molecular complexity index is 698. The number of ether oxygens (including phenoxy) is 2. The van der Waals surface area contributed by atoms with Gasteiger partial charge in [-0.2, -0.15) is 0 Å². The highest BCUT2D eigenvalue weighted by molar-refractivity contribution is 7.09. The first-order valence-corrected chi connectivity index (χ1v) is 8.60. The zero-order valence-electron chi connectivity index (χ0n) is 14.5. The standard InChI is InChI=1S/C17H24N4O2S/c1-11(2)16-21-13(10-24-16)9-20-17(18)19-8-12-5-6-14(22-3)15(7-12)23-4/h5-7,10-11H,8-9H2,1-4H3,(H3,18,19,20). The first-order valence-electron chi connectivity index (χ1n) is 7.72. The fraction of sp³-hybridized carbons (Fsp3) is 0.412. The van der Waals surface area contributed by atoms with Gasteiger partial charge in [-0.1, -0.05) is 19.9 Å². The van der Waals surface area contributed by atoms with Crippen LogP contribution in [0.25, 0.3) is 0 Å². The molecule has 0 aliphatic rings. The number of nitrogens with zero attached hydrogens (tertiary/aromatic N) is 2. The highest BCUT2D eigenvalue weighted by Gasteiger charge is 2.06. The number of aliphatic imine (C=N–C) groups is 1. The van der Waals surface area contributed by atoms with Crippen LogP contribution in [0, 0.1) is 0 Å². The monoisotopic (exact) mass is 348 g/mol. The van der Waals surface area contributed by atoms with E-state index in [2.05, 4.69) is 29.1 Å². The Hall–Kier alpha value is -2.28. The second kappa shape index (κ2) is 8.54. The molecule has 130 valence electrons. The van der Waals surface area contributed by atoms with Crippen molar-refractivity contribution < 1.29 is 9.47 Å². The van der Waals surface area contributed by atoms with Gasteiger partial charge in [0.25, 0.3) is 0 Å². The molecule has 1 aromatic carbocycles. The Morgan fingerprint density at radius 2 is 2.04 bits per heavy atom. The molecule has 0 saturated heterocycles. The van der Waals surface area contributed by atoms with E-state index in [0.29, 0.717) is 36.5 Å². The van der Waals surface area contributed by atoms with Crippen LogP contribution in [-0.4, -0.2) is 25.2 Å². The van der Waals surface area contributed by atoms with E-state index in [1.807, 2.05) is 23.6 Å². The summed E-state index contributed by atoms with van der Waals surface area (Å²) in [6, 6.07) is 5.69. The van der Waals surface area contributed by atoms with Crippen molar-refractivity contribution in [2.45, 2.75) is 32.9 Å². The number of benzene rings is 1. The van der Waals surface area contributed by atoms with E-state index in [-0.39, 0.29) is 0 Å². The van der Waals surface area contributed by atoms with Gasteiger partial charge in [-0.3, -0.25) is 0 Å². The van der Waals surface area contributed by atoms with Crippen molar-refractivity contribution in [3.63, 3.8) is 0 Å². The maximum atomic E-state index is 5.92. The molecule has 0 unspecified atom stereocenters. The molecule has 0 aliphatic carbocycles. The van der Waals surface area contributed by atoms with Gasteiger partial charge in [0.1, 0.15) is 0 Å². The molecule has 1 heterocycles. The van der Waals surface area contributed by atoms with Crippen molar-refractivity contribution in [3.8, 4) is 11.5 Å². The quantitative estimate of drug-likeness (QED) is 0.594. The maximum absolute atomic E-state index is 5.92. The van der Waals surface area contributed by atoms with Gasteiger partial charge in [0.15, 0.2) is 17.5 Å². The molecule has 0 aliphatic heterocycles. The van der Waals surface area contributed by atoms with E-state index in [0.717, 1.165) is 16.3 Å². The van der Waals surface area contributed by atoms with E-state index in [1.54, 1.807) is 25.6 Å². The van der Waals surface area contributed by atoms with Crippen LogP contribution in [0.4, 0.5) is 0 Å². The van der Waals surface area contributed by atoms with E-state index in [1.165, 1.54) is 0 Å². The van der Waals surface area contributed by atoms with Crippen LogP contribution >= 0.6 is 11.3 Å². The Kier molecular flexibility index (Phi) is 6.43. The van der Waals surface area contributed by atoms with E-state index >= 15 is 0 Å².